The molecule has 0 bridgehead atoms. The molecule has 3 aromatic rings. The molecular weight excluding hydrogens is 423 g/mol. The van der Waals surface area contributed by atoms with Gasteiger partial charge in [-0.2, -0.15) is 5.10 Å². The van der Waals surface area contributed by atoms with E-state index in [-0.39, 0.29) is 11.8 Å². The number of nitrogens with zero attached hydrogens (tertiary/aromatic N) is 3. The van der Waals surface area contributed by atoms with Gasteiger partial charge < -0.3 is 10.1 Å². The average molecular weight is 445 g/mol. The lowest BCUT2D eigenvalue weighted by Crippen LogP contribution is -2.27. The Kier molecular flexibility index (Phi) is 5.71. The lowest BCUT2D eigenvalue weighted by molar-refractivity contribution is -0.117. The number of rotatable bonds is 7. The minimum atomic E-state index is -0.433. The van der Waals surface area contributed by atoms with Crippen molar-refractivity contribution in [2.75, 3.05) is 11.9 Å². The van der Waals surface area contributed by atoms with E-state index in [4.69, 9.17) is 27.9 Å². The molecule has 1 N–H and O–H groups in total. The number of hydrogen-bond donors (Lipinski definition) is 1. The van der Waals surface area contributed by atoms with E-state index in [2.05, 4.69) is 15.4 Å². The number of aromatic nitrogens is 3. The van der Waals surface area contributed by atoms with Crippen molar-refractivity contribution in [2.45, 2.75) is 32.2 Å². The quantitative estimate of drug-likeness (QED) is 0.563. The normalized spacial score (nSPS) is 20.1. The van der Waals surface area contributed by atoms with Crippen molar-refractivity contribution in [3.8, 4) is 5.88 Å². The molecule has 2 atom stereocenters. The number of ether oxygens (including phenoxy) is 1. The van der Waals surface area contributed by atoms with Crippen LogP contribution in [-0.2, 0) is 16.8 Å². The highest BCUT2D eigenvalue weighted by molar-refractivity contribution is 6.32. The van der Waals surface area contributed by atoms with Crippen LogP contribution in [0.4, 0.5) is 5.82 Å². The fraction of sp³-hybridized carbons (Fsp3) is 0.318. The second kappa shape index (κ2) is 8.28. The van der Waals surface area contributed by atoms with Crippen LogP contribution in [0.1, 0.15) is 24.6 Å². The standard InChI is InChI=1S/C22H22Cl2N4O2/c1-3-28-21(19(24)14(2)27-28)30-13-22(15-7-5-4-6-8-15)11-17(22)20(29)26-18-10-9-16(23)12-25-18/h4-10,12,17H,3,11,13H2,1-2H3,(H,25,26,29). The van der Waals surface area contributed by atoms with Gasteiger partial charge in [0, 0.05) is 18.2 Å². The molecule has 1 saturated carbocycles. The van der Waals surface area contributed by atoms with Gasteiger partial charge in [-0.15, -0.1) is 0 Å². The molecule has 156 valence electrons. The van der Waals surface area contributed by atoms with Crippen molar-refractivity contribution in [1.29, 1.82) is 0 Å². The smallest absolute Gasteiger partial charge is 0.231 e. The van der Waals surface area contributed by atoms with Crippen molar-refractivity contribution >= 4 is 34.9 Å². The molecular formula is C22H22Cl2N4O2. The van der Waals surface area contributed by atoms with E-state index in [0.29, 0.717) is 41.3 Å². The highest BCUT2D eigenvalue weighted by Crippen LogP contribution is 2.55. The first-order chi connectivity index (χ1) is 14.4. The van der Waals surface area contributed by atoms with Crippen molar-refractivity contribution in [3.05, 3.63) is 70.0 Å². The van der Waals surface area contributed by atoms with Gasteiger partial charge in [-0.05, 0) is 38.0 Å². The number of benzene rings is 1. The summed E-state index contributed by atoms with van der Waals surface area (Å²) < 4.78 is 7.90. The van der Waals surface area contributed by atoms with Crippen LogP contribution in [0.5, 0.6) is 5.88 Å². The Bertz CT molecular complexity index is 1050. The summed E-state index contributed by atoms with van der Waals surface area (Å²) in [7, 11) is 0. The molecule has 1 aliphatic carbocycles. The number of hydrogen-bond acceptors (Lipinski definition) is 4. The van der Waals surface area contributed by atoms with E-state index < -0.39 is 5.41 Å². The summed E-state index contributed by atoms with van der Waals surface area (Å²) in [6.45, 7) is 4.80. The number of carbonyl (C=O) groups is 1. The maximum absolute atomic E-state index is 13.0. The second-order valence-corrected chi connectivity index (χ2v) is 8.25. The fourth-order valence-corrected chi connectivity index (χ4v) is 4.03. The Labute approximate surface area is 185 Å². The fourth-order valence-electron chi connectivity index (χ4n) is 3.73. The Morgan fingerprint density at radius 3 is 2.70 bits per heavy atom. The molecule has 0 radical (unpaired) electrons. The Balaban J connectivity index is 1.56. The van der Waals surface area contributed by atoms with Crippen LogP contribution in [0.15, 0.2) is 48.7 Å². The van der Waals surface area contributed by atoms with Gasteiger partial charge in [0.25, 0.3) is 0 Å². The van der Waals surface area contributed by atoms with Gasteiger partial charge in [0.05, 0.1) is 16.6 Å². The van der Waals surface area contributed by atoms with Crippen LogP contribution >= 0.6 is 23.2 Å². The molecule has 2 unspecified atom stereocenters. The van der Waals surface area contributed by atoms with E-state index in [1.807, 2.05) is 44.2 Å². The van der Waals surface area contributed by atoms with Gasteiger partial charge in [0.1, 0.15) is 17.4 Å². The number of amides is 1. The third-order valence-electron chi connectivity index (χ3n) is 5.50. The number of carbonyl (C=O) groups excluding carboxylic acids is 1. The third-order valence-corrected chi connectivity index (χ3v) is 6.15. The zero-order chi connectivity index (χ0) is 21.3. The van der Waals surface area contributed by atoms with Crippen LogP contribution in [0.3, 0.4) is 0 Å². The molecule has 0 saturated heterocycles. The maximum Gasteiger partial charge on any atom is 0.231 e. The maximum atomic E-state index is 13.0. The molecule has 0 spiro atoms. The predicted octanol–water partition coefficient (Wildman–Crippen LogP) is 4.89. The summed E-state index contributed by atoms with van der Waals surface area (Å²) in [5.41, 5.74) is 1.35. The summed E-state index contributed by atoms with van der Waals surface area (Å²) >= 11 is 12.3. The van der Waals surface area contributed by atoms with Gasteiger partial charge in [-0.3, -0.25) is 4.79 Å². The van der Waals surface area contributed by atoms with Gasteiger partial charge in [-0.1, -0.05) is 53.5 Å². The SMILES string of the molecule is CCn1nc(C)c(Cl)c1OCC1(c2ccccc2)CC1C(=O)Nc1ccc(Cl)cn1. The summed E-state index contributed by atoms with van der Waals surface area (Å²) in [4.78, 5) is 17.1. The lowest BCUT2D eigenvalue weighted by atomic mass is 9.94. The first-order valence-corrected chi connectivity index (χ1v) is 10.5. The molecule has 4 rings (SSSR count). The van der Waals surface area contributed by atoms with Crippen LogP contribution in [0, 0.1) is 12.8 Å². The predicted molar refractivity (Wildman–Crippen MR) is 117 cm³/mol. The minimum Gasteiger partial charge on any atom is -0.476 e. The molecule has 0 aliphatic heterocycles. The second-order valence-electron chi connectivity index (χ2n) is 7.44. The van der Waals surface area contributed by atoms with Crippen molar-refractivity contribution < 1.29 is 9.53 Å². The average Bonchev–Trinajstić information content (AvgIpc) is 3.44. The summed E-state index contributed by atoms with van der Waals surface area (Å²) in [5, 5.41) is 8.31. The molecule has 30 heavy (non-hydrogen) atoms. The van der Waals surface area contributed by atoms with E-state index in [9.17, 15) is 4.79 Å². The Morgan fingerprint density at radius 2 is 2.03 bits per heavy atom. The lowest BCUT2D eigenvalue weighted by Gasteiger charge is -2.19. The minimum absolute atomic E-state index is 0.0939. The number of halogens is 2. The summed E-state index contributed by atoms with van der Waals surface area (Å²) in [6.07, 6.45) is 2.18. The zero-order valence-electron chi connectivity index (χ0n) is 16.7. The van der Waals surface area contributed by atoms with Crippen molar-refractivity contribution in [1.82, 2.24) is 14.8 Å². The third kappa shape index (κ3) is 3.89. The first kappa shape index (κ1) is 20.7. The topological polar surface area (TPSA) is 69.0 Å². The van der Waals surface area contributed by atoms with Crippen molar-refractivity contribution in [3.63, 3.8) is 0 Å². The highest BCUT2D eigenvalue weighted by Gasteiger charge is 2.60. The van der Waals surface area contributed by atoms with E-state index in [1.54, 1.807) is 16.8 Å². The van der Waals surface area contributed by atoms with E-state index in [1.165, 1.54) is 6.20 Å². The largest absolute Gasteiger partial charge is 0.476 e. The molecule has 2 heterocycles. The molecule has 1 fully saturated rings. The summed E-state index contributed by atoms with van der Waals surface area (Å²) in [6, 6.07) is 13.3. The molecule has 2 aromatic heterocycles. The monoisotopic (exact) mass is 444 g/mol. The van der Waals surface area contributed by atoms with E-state index >= 15 is 0 Å². The van der Waals surface area contributed by atoms with Crippen LogP contribution in [0.2, 0.25) is 10.0 Å². The van der Waals surface area contributed by atoms with Gasteiger partial charge >= 0.3 is 0 Å². The number of anilines is 1. The molecule has 1 aliphatic rings. The molecule has 1 aromatic carbocycles. The van der Waals surface area contributed by atoms with Gasteiger partial charge in [-0.25, -0.2) is 9.67 Å². The van der Waals surface area contributed by atoms with Crippen LogP contribution < -0.4 is 10.1 Å². The Hall–Kier alpha value is -2.57. The van der Waals surface area contributed by atoms with E-state index in [0.717, 1.165) is 11.3 Å². The highest BCUT2D eigenvalue weighted by atomic mass is 35.5. The van der Waals surface area contributed by atoms with Gasteiger partial charge in [0.15, 0.2) is 0 Å². The molecule has 1 amide bonds. The van der Waals surface area contributed by atoms with Gasteiger partial charge in [0.2, 0.25) is 11.8 Å². The zero-order valence-corrected chi connectivity index (χ0v) is 18.2. The van der Waals surface area contributed by atoms with Crippen molar-refractivity contribution in [2.24, 2.45) is 5.92 Å². The number of pyridine rings is 1. The first-order valence-electron chi connectivity index (χ1n) is 9.78. The van der Waals surface area contributed by atoms with Crippen LogP contribution in [-0.4, -0.2) is 27.3 Å². The Morgan fingerprint density at radius 1 is 1.27 bits per heavy atom. The molecule has 8 heteroatoms. The number of nitrogens with one attached hydrogen (secondary N) is 1. The van der Waals surface area contributed by atoms with Crippen LogP contribution in [0.25, 0.3) is 0 Å². The summed E-state index contributed by atoms with van der Waals surface area (Å²) in [5.74, 6) is 0.679. The molecule has 6 nitrogen and oxygen atoms in total. The number of aryl methyl sites for hydroxylation is 2.